The molecule has 0 radical (unpaired) electrons. The van der Waals surface area contributed by atoms with Gasteiger partial charge >= 0.3 is 0 Å². The molecular formula is C17H19N3O3. The predicted molar refractivity (Wildman–Crippen MR) is 84.5 cm³/mol. The summed E-state index contributed by atoms with van der Waals surface area (Å²) in [5, 5.41) is 10.9. The lowest BCUT2D eigenvalue weighted by Gasteiger charge is -2.44. The highest BCUT2D eigenvalue weighted by Gasteiger charge is 2.42. The van der Waals surface area contributed by atoms with Gasteiger partial charge in [0, 0.05) is 36.6 Å². The van der Waals surface area contributed by atoms with E-state index in [1.807, 2.05) is 30.5 Å². The second kappa shape index (κ2) is 5.38. The third kappa shape index (κ3) is 2.39. The van der Waals surface area contributed by atoms with Gasteiger partial charge in [0.2, 0.25) is 11.8 Å². The molecular weight excluding hydrogens is 294 g/mol. The number of benzene rings is 1. The van der Waals surface area contributed by atoms with E-state index in [4.69, 9.17) is 0 Å². The van der Waals surface area contributed by atoms with E-state index >= 15 is 0 Å². The Morgan fingerprint density at radius 1 is 1.26 bits per heavy atom. The van der Waals surface area contributed by atoms with Crippen LogP contribution in [0.15, 0.2) is 30.5 Å². The molecule has 6 nitrogen and oxygen atoms in total. The summed E-state index contributed by atoms with van der Waals surface area (Å²) in [6.45, 7) is 1.00. The minimum Gasteiger partial charge on any atom is -0.393 e. The van der Waals surface area contributed by atoms with Crippen LogP contribution in [0.3, 0.4) is 0 Å². The van der Waals surface area contributed by atoms with E-state index in [9.17, 15) is 14.7 Å². The van der Waals surface area contributed by atoms with E-state index in [2.05, 4.69) is 4.98 Å². The Balaban J connectivity index is 1.60. The molecule has 2 aromatic rings. The van der Waals surface area contributed by atoms with E-state index in [-0.39, 0.29) is 18.4 Å². The van der Waals surface area contributed by atoms with Gasteiger partial charge in [-0.1, -0.05) is 12.1 Å². The molecule has 4 rings (SSSR count). The smallest absolute Gasteiger partial charge is 0.246 e. The topological polar surface area (TPSA) is 76.6 Å². The van der Waals surface area contributed by atoms with Crippen LogP contribution in [0, 0.1) is 0 Å². The predicted octanol–water partition coefficient (Wildman–Crippen LogP) is 0.862. The van der Waals surface area contributed by atoms with Crippen molar-refractivity contribution in [3.05, 3.63) is 36.0 Å². The monoisotopic (exact) mass is 313 g/mol. The van der Waals surface area contributed by atoms with Gasteiger partial charge in [0.15, 0.2) is 0 Å². The number of aliphatic hydroxyl groups is 1. The minimum absolute atomic E-state index is 0.0252. The Bertz CT molecular complexity index is 769. The van der Waals surface area contributed by atoms with Crippen molar-refractivity contribution in [2.24, 2.45) is 0 Å². The van der Waals surface area contributed by atoms with Crippen molar-refractivity contribution in [3.8, 4) is 0 Å². The number of fused-ring (bicyclic) bond motifs is 2. The van der Waals surface area contributed by atoms with Crippen LogP contribution in [0.25, 0.3) is 10.9 Å². The fraction of sp³-hybridized carbons (Fsp3) is 0.412. The number of aliphatic hydroxyl groups excluding tert-OH is 1. The van der Waals surface area contributed by atoms with E-state index in [1.54, 1.807) is 9.80 Å². The largest absolute Gasteiger partial charge is 0.393 e. The molecule has 2 fully saturated rings. The van der Waals surface area contributed by atoms with Crippen molar-refractivity contribution in [1.82, 2.24) is 14.8 Å². The van der Waals surface area contributed by atoms with Crippen LogP contribution < -0.4 is 0 Å². The van der Waals surface area contributed by atoms with E-state index in [1.165, 1.54) is 0 Å². The number of piperazine rings is 1. The zero-order valence-electron chi connectivity index (χ0n) is 12.7. The number of nitrogens with zero attached hydrogens (tertiary/aromatic N) is 2. The highest BCUT2D eigenvalue weighted by Crippen LogP contribution is 2.26. The third-order valence-electron chi connectivity index (χ3n) is 4.86. The minimum atomic E-state index is -0.509. The molecule has 0 unspecified atom stereocenters. The molecule has 2 saturated heterocycles. The van der Waals surface area contributed by atoms with Crippen molar-refractivity contribution >= 4 is 22.7 Å². The summed E-state index contributed by atoms with van der Waals surface area (Å²) in [6.07, 6.45) is 2.27. The van der Waals surface area contributed by atoms with Gasteiger partial charge in [0.25, 0.3) is 0 Å². The highest BCUT2D eigenvalue weighted by atomic mass is 16.3. The Morgan fingerprint density at radius 2 is 2.13 bits per heavy atom. The molecule has 2 aliphatic rings. The summed E-state index contributed by atoms with van der Waals surface area (Å²) in [5.41, 5.74) is 2.04. The second-order valence-electron chi connectivity index (χ2n) is 6.33. The van der Waals surface area contributed by atoms with Gasteiger partial charge in [-0.3, -0.25) is 9.59 Å². The Kier molecular flexibility index (Phi) is 3.34. The van der Waals surface area contributed by atoms with Gasteiger partial charge in [-0.2, -0.15) is 0 Å². The number of hydrogen-bond acceptors (Lipinski definition) is 3. The van der Waals surface area contributed by atoms with Gasteiger partial charge in [-0.25, -0.2) is 0 Å². The molecule has 0 aliphatic carbocycles. The van der Waals surface area contributed by atoms with E-state index < -0.39 is 12.1 Å². The first kappa shape index (κ1) is 14.3. The molecule has 0 spiro atoms. The molecule has 0 saturated carbocycles. The molecule has 6 heteroatoms. The average Bonchev–Trinajstić information content (AvgIpc) is 3.02. The Hall–Kier alpha value is -2.34. The quantitative estimate of drug-likeness (QED) is 0.863. The maximum Gasteiger partial charge on any atom is 0.246 e. The van der Waals surface area contributed by atoms with Crippen molar-refractivity contribution in [1.29, 1.82) is 0 Å². The van der Waals surface area contributed by atoms with Crippen molar-refractivity contribution < 1.29 is 14.7 Å². The van der Waals surface area contributed by atoms with Crippen molar-refractivity contribution in [3.63, 3.8) is 0 Å². The van der Waals surface area contributed by atoms with Crippen LogP contribution in [0.1, 0.15) is 18.4 Å². The lowest BCUT2D eigenvalue weighted by molar-refractivity contribution is -0.160. The van der Waals surface area contributed by atoms with Crippen LogP contribution >= 0.6 is 0 Å². The summed E-state index contributed by atoms with van der Waals surface area (Å²) in [5.74, 6) is -0.0846. The van der Waals surface area contributed by atoms with Gasteiger partial charge in [-0.15, -0.1) is 0 Å². The number of aromatic nitrogens is 1. The van der Waals surface area contributed by atoms with Crippen LogP contribution in [-0.2, 0) is 16.1 Å². The lowest BCUT2D eigenvalue weighted by Crippen LogP contribution is -2.62. The highest BCUT2D eigenvalue weighted by molar-refractivity contribution is 5.95. The molecule has 2 aliphatic heterocycles. The summed E-state index contributed by atoms with van der Waals surface area (Å²) >= 11 is 0. The fourth-order valence-electron chi connectivity index (χ4n) is 3.65. The number of carbonyl (C=O) groups excluding carboxylic acids is 2. The van der Waals surface area contributed by atoms with E-state index in [0.717, 1.165) is 16.5 Å². The number of amides is 2. The first-order valence-corrected chi connectivity index (χ1v) is 7.95. The van der Waals surface area contributed by atoms with Gasteiger partial charge in [0.05, 0.1) is 6.10 Å². The van der Waals surface area contributed by atoms with Crippen LogP contribution in [0.2, 0.25) is 0 Å². The molecule has 1 aromatic heterocycles. The van der Waals surface area contributed by atoms with Gasteiger partial charge in [-0.05, 0) is 24.1 Å². The molecule has 23 heavy (non-hydrogen) atoms. The standard InChI is InChI=1S/C17H19N3O3/c21-12-5-7-20-15(8-12)17(23)19(10-16(20)22)9-11-2-1-3-14-13(11)4-6-18-14/h1-4,6,12,15,18,21H,5,7-10H2/t12-,15+/m1/s1. The molecule has 3 heterocycles. The number of aromatic amines is 1. The molecule has 2 amide bonds. The zero-order chi connectivity index (χ0) is 16.0. The SMILES string of the molecule is O=C1[C@@H]2C[C@H](O)CCN2C(=O)CN1Cc1cccc2[nH]ccc12. The molecule has 0 bridgehead atoms. The fourth-order valence-corrected chi connectivity index (χ4v) is 3.65. The zero-order valence-corrected chi connectivity index (χ0v) is 12.7. The van der Waals surface area contributed by atoms with Gasteiger partial charge < -0.3 is 19.9 Å². The number of hydrogen-bond donors (Lipinski definition) is 2. The Morgan fingerprint density at radius 3 is 3.00 bits per heavy atom. The molecule has 1 aromatic carbocycles. The Labute approximate surface area is 133 Å². The first-order valence-electron chi connectivity index (χ1n) is 7.95. The van der Waals surface area contributed by atoms with Crippen molar-refractivity contribution in [2.75, 3.05) is 13.1 Å². The summed E-state index contributed by atoms with van der Waals surface area (Å²) < 4.78 is 0. The third-order valence-corrected chi connectivity index (χ3v) is 4.86. The number of rotatable bonds is 2. The average molecular weight is 313 g/mol. The molecule has 2 N–H and O–H groups in total. The van der Waals surface area contributed by atoms with E-state index in [0.29, 0.717) is 25.9 Å². The molecule has 2 atom stereocenters. The summed E-state index contributed by atoms with van der Waals surface area (Å²) in [7, 11) is 0. The van der Waals surface area contributed by atoms with Crippen LogP contribution in [0.5, 0.6) is 0 Å². The first-order chi connectivity index (χ1) is 11.1. The van der Waals surface area contributed by atoms with Crippen LogP contribution in [0.4, 0.5) is 0 Å². The van der Waals surface area contributed by atoms with Crippen molar-refractivity contribution in [2.45, 2.75) is 31.5 Å². The van der Waals surface area contributed by atoms with Gasteiger partial charge in [0.1, 0.15) is 12.6 Å². The summed E-state index contributed by atoms with van der Waals surface area (Å²) in [6, 6.07) is 7.39. The molecule has 120 valence electrons. The second-order valence-corrected chi connectivity index (χ2v) is 6.33. The number of piperidine rings is 1. The maximum absolute atomic E-state index is 12.7. The number of H-pyrrole nitrogens is 1. The normalized spacial score (nSPS) is 25.1. The summed E-state index contributed by atoms with van der Waals surface area (Å²) in [4.78, 5) is 31.5. The number of nitrogens with one attached hydrogen (secondary N) is 1. The number of carbonyl (C=O) groups is 2. The lowest BCUT2D eigenvalue weighted by atomic mass is 9.95. The van der Waals surface area contributed by atoms with Crippen LogP contribution in [-0.4, -0.2) is 56.9 Å². The maximum atomic E-state index is 12.7.